The zero-order valence-corrected chi connectivity index (χ0v) is 11.2. The molecule has 1 aliphatic rings. The van der Waals surface area contributed by atoms with Crippen LogP contribution in [0.5, 0.6) is 0 Å². The third kappa shape index (κ3) is 2.32. The van der Waals surface area contributed by atoms with Crippen molar-refractivity contribution in [3.05, 3.63) is 29.3 Å². The van der Waals surface area contributed by atoms with Crippen molar-refractivity contribution in [3.63, 3.8) is 0 Å². The van der Waals surface area contributed by atoms with Crippen molar-refractivity contribution < 1.29 is 9.90 Å². The van der Waals surface area contributed by atoms with Crippen molar-refractivity contribution in [2.45, 2.75) is 38.1 Å². The first-order chi connectivity index (χ1) is 8.58. The van der Waals surface area contributed by atoms with Gasteiger partial charge in [-0.1, -0.05) is 31.4 Å². The molecule has 18 heavy (non-hydrogen) atoms. The van der Waals surface area contributed by atoms with Gasteiger partial charge in [0, 0.05) is 10.7 Å². The van der Waals surface area contributed by atoms with Crippen LogP contribution >= 0.6 is 11.6 Å². The highest BCUT2D eigenvalue weighted by molar-refractivity contribution is 6.30. The van der Waals surface area contributed by atoms with E-state index in [1.807, 2.05) is 12.1 Å². The van der Waals surface area contributed by atoms with Crippen LogP contribution in [0, 0.1) is 5.92 Å². The van der Waals surface area contributed by atoms with Crippen LogP contribution in [-0.4, -0.2) is 16.6 Å². The second kappa shape index (κ2) is 5.19. The van der Waals surface area contributed by atoms with E-state index < -0.39 is 11.5 Å². The second-order valence-electron chi connectivity index (χ2n) is 4.91. The van der Waals surface area contributed by atoms with Crippen molar-refractivity contribution in [1.82, 2.24) is 0 Å². The van der Waals surface area contributed by atoms with E-state index in [9.17, 15) is 9.90 Å². The summed E-state index contributed by atoms with van der Waals surface area (Å²) >= 11 is 5.84. The van der Waals surface area contributed by atoms with Crippen LogP contribution < -0.4 is 5.32 Å². The maximum Gasteiger partial charge on any atom is 0.329 e. The second-order valence-corrected chi connectivity index (χ2v) is 5.34. The Balaban J connectivity index is 2.26. The molecule has 1 aromatic carbocycles. The molecule has 1 fully saturated rings. The number of halogens is 1. The lowest BCUT2D eigenvalue weighted by Gasteiger charge is -2.33. The van der Waals surface area contributed by atoms with Crippen LogP contribution in [0.1, 0.15) is 32.6 Å². The fourth-order valence-electron chi connectivity index (χ4n) is 2.92. The van der Waals surface area contributed by atoms with Gasteiger partial charge in [0.1, 0.15) is 5.54 Å². The monoisotopic (exact) mass is 267 g/mol. The summed E-state index contributed by atoms with van der Waals surface area (Å²) in [5.41, 5.74) is 0.00455. The van der Waals surface area contributed by atoms with Crippen molar-refractivity contribution in [1.29, 1.82) is 0 Å². The smallest absolute Gasteiger partial charge is 0.329 e. The lowest BCUT2D eigenvalue weighted by molar-refractivity contribution is -0.143. The van der Waals surface area contributed by atoms with Crippen LogP contribution in [-0.2, 0) is 4.79 Å². The highest BCUT2D eigenvalue weighted by atomic mass is 35.5. The maximum absolute atomic E-state index is 11.7. The molecule has 2 atom stereocenters. The number of nitrogens with one attached hydrogen (secondary N) is 1. The van der Waals surface area contributed by atoms with Gasteiger partial charge in [0.2, 0.25) is 0 Å². The first-order valence-corrected chi connectivity index (χ1v) is 6.73. The molecule has 2 rings (SSSR count). The molecule has 0 radical (unpaired) electrons. The van der Waals surface area contributed by atoms with Crippen LogP contribution in [0.4, 0.5) is 5.69 Å². The molecule has 2 N–H and O–H groups in total. The molecule has 0 spiro atoms. The molecule has 0 amide bonds. The van der Waals surface area contributed by atoms with Crippen molar-refractivity contribution in [3.8, 4) is 0 Å². The Morgan fingerprint density at radius 2 is 2.17 bits per heavy atom. The van der Waals surface area contributed by atoms with E-state index in [1.54, 1.807) is 12.1 Å². The SMILES string of the molecule is CCC1CCCC1(Nc1ccc(Cl)cc1)C(=O)O. The average Bonchev–Trinajstić information content (AvgIpc) is 2.76. The number of carboxylic acid groups (broad SMARTS) is 1. The van der Waals surface area contributed by atoms with Crippen LogP contribution in [0.2, 0.25) is 5.02 Å². The third-order valence-corrected chi connectivity index (χ3v) is 4.16. The van der Waals surface area contributed by atoms with E-state index in [0.29, 0.717) is 11.4 Å². The molecule has 3 nitrogen and oxygen atoms in total. The minimum absolute atomic E-state index is 0.186. The quantitative estimate of drug-likeness (QED) is 0.873. The van der Waals surface area contributed by atoms with Crippen molar-refractivity contribution >= 4 is 23.3 Å². The zero-order chi connectivity index (χ0) is 13.2. The van der Waals surface area contributed by atoms with Gasteiger partial charge >= 0.3 is 5.97 Å². The molecule has 1 aromatic rings. The number of anilines is 1. The summed E-state index contributed by atoms with van der Waals surface area (Å²) in [7, 11) is 0. The van der Waals surface area contributed by atoms with E-state index in [4.69, 9.17) is 11.6 Å². The van der Waals surface area contributed by atoms with Gasteiger partial charge < -0.3 is 10.4 Å². The standard InChI is InChI=1S/C14H18ClNO2/c1-2-10-4-3-9-14(10,13(17)18)16-12-7-5-11(15)6-8-12/h5-8,10,16H,2-4,9H2,1H3,(H,17,18). The summed E-state index contributed by atoms with van der Waals surface area (Å²) in [6.07, 6.45) is 3.51. The Labute approximate surface area is 112 Å². The molecule has 1 aliphatic carbocycles. The van der Waals surface area contributed by atoms with E-state index >= 15 is 0 Å². The largest absolute Gasteiger partial charge is 0.479 e. The summed E-state index contributed by atoms with van der Waals surface area (Å²) in [4.78, 5) is 11.7. The van der Waals surface area contributed by atoms with E-state index in [1.165, 1.54) is 0 Å². The summed E-state index contributed by atoms with van der Waals surface area (Å²) < 4.78 is 0. The summed E-state index contributed by atoms with van der Waals surface area (Å²) in [6, 6.07) is 7.21. The topological polar surface area (TPSA) is 49.3 Å². The molecule has 0 bridgehead atoms. The Bertz CT molecular complexity index is 432. The van der Waals surface area contributed by atoms with E-state index in [-0.39, 0.29) is 5.92 Å². The third-order valence-electron chi connectivity index (χ3n) is 3.91. The molecule has 0 aliphatic heterocycles. The van der Waals surface area contributed by atoms with E-state index in [2.05, 4.69) is 12.2 Å². The Morgan fingerprint density at radius 1 is 1.50 bits per heavy atom. The Hall–Kier alpha value is -1.22. The zero-order valence-electron chi connectivity index (χ0n) is 10.4. The van der Waals surface area contributed by atoms with Crippen molar-refractivity contribution in [2.24, 2.45) is 5.92 Å². The molecule has 2 unspecified atom stereocenters. The number of hydrogen-bond donors (Lipinski definition) is 2. The maximum atomic E-state index is 11.7. The van der Waals surface area contributed by atoms with Crippen LogP contribution in [0.15, 0.2) is 24.3 Å². The first kappa shape index (κ1) is 13.2. The number of rotatable bonds is 4. The fourth-order valence-corrected chi connectivity index (χ4v) is 3.05. The number of benzene rings is 1. The molecular formula is C14H18ClNO2. The molecule has 0 saturated heterocycles. The van der Waals surface area contributed by atoms with Gasteiger partial charge in [0.25, 0.3) is 0 Å². The summed E-state index contributed by atoms with van der Waals surface area (Å²) in [6.45, 7) is 2.05. The van der Waals surface area contributed by atoms with Gasteiger partial charge in [-0.25, -0.2) is 4.79 Å². The average molecular weight is 268 g/mol. The van der Waals surface area contributed by atoms with Gasteiger partial charge in [0.15, 0.2) is 0 Å². The van der Waals surface area contributed by atoms with Gasteiger partial charge in [-0.2, -0.15) is 0 Å². The number of carbonyl (C=O) groups is 1. The molecule has 1 saturated carbocycles. The number of carboxylic acids is 1. The highest BCUT2D eigenvalue weighted by Gasteiger charge is 2.48. The van der Waals surface area contributed by atoms with E-state index in [0.717, 1.165) is 24.9 Å². The molecule has 0 aromatic heterocycles. The normalized spacial score (nSPS) is 27.1. The summed E-state index contributed by atoms with van der Waals surface area (Å²) in [5.74, 6) is -0.563. The Morgan fingerprint density at radius 3 is 2.72 bits per heavy atom. The summed E-state index contributed by atoms with van der Waals surface area (Å²) in [5, 5.41) is 13.5. The molecule has 0 heterocycles. The van der Waals surface area contributed by atoms with Crippen LogP contribution in [0.3, 0.4) is 0 Å². The Kier molecular flexibility index (Phi) is 3.81. The van der Waals surface area contributed by atoms with Gasteiger partial charge in [-0.15, -0.1) is 0 Å². The molecular weight excluding hydrogens is 250 g/mol. The lowest BCUT2D eigenvalue weighted by Crippen LogP contribution is -2.49. The predicted molar refractivity (Wildman–Crippen MR) is 73.1 cm³/mol. The van der Waals surface area contributed by atoms with Crippen LogP contribution in [0.25, 0.3) is 0 Å². The molecule has 4 heteroatoms. The minimum atomic E-state index is -0.817. The van der Waals surface area contributed by atoms with Gasteiger partial charge in [0.05, 0.1) is 0 Å². The van der Waals surface area contributed by atoms with Crippen molar-refractivity contribution in [2.75, 3.05) is 5.32 Å². The predicted octanol–water partition coefficient (Wildman–Crippen LogP) is 3.79. The van der Waals surface area contributed by atoms with Gasteiger partial charge in [-0.3, -0.25) is 0 Å². The highest BCUT2D eigenvalue weighted by Crippen LogP contribution is 2.40. The first-order valence-electron chi connectivity index (χ1n) is 6.35. The number of aliphatic carboxylic acids is 1. The lowest BCUT2D eigenvalue weighted by atomic mass is 9.85. The number of hydrogen-bond acceptors (Lipinski definition) is 2. The molecule has 98 valence electrons. The minimum Gasteiger partial charge on any atom is -0.479 e. The fraction of sp³-hybridized carbons (Fsp3) is 0.500. The van der Waals surface area contributed by atoms with Gasteiger partial charge in [-0.05, 0) is 43.0 Å².